The fraction of sp³-hybridized carbons (Fsp3) is 0.100. The quantitative estimate of drug-likeness (QED) is 0.635. The van der Waals surface area contributed by atoms with E-state index in [0.29, 0.717) is 5.76 Å². The van der Waals surface area contributed by atoms with Gasteiger partial charge >= 0.3 is 0 Å². The third-order valence-electron chi connectivity index (χ3n) is 1.58. The zero-order chi connectivity index (χ0) is 8.97. The summed E-state index contributed by atoms with van der Waals surface area (Å²) in [5.41, 5.74) is 1.68. The Kier molecular flexibility index (Phi) is 2.64. The zero-order valence-corrected chi connectivity index (χ0v) is 7.08. The van der Waals surface area contributed by atoms with E-state index in [2.05, 4.69) is 18.1 Å². The highest BCUT2D eigenvalue weighted by Crippen LogP contribution is 2.16. The van der Waals surface area contributed by atoms with Crippen molar-refractivity contribution >= 4 is 11.8 Å². The molecule has 0 amide bonds. The number of aromatic nitrogens is 1. The Bertz CT molecular complexity index is 304. The monoisotopic (exact) mass is 161 g/mol. The summed E-state index contributed by atoms with van der Waals surface area (Å²) in [6.07, 6.45) is 3.39. The highest BCUT2D eigenvalue weighted by Gasteiger charge is 2.02. The van der Waals surface area contributed by atoms with Crippen molar-refractivity contribution in [2.75, 3.05) is 7.11 Å². The van der Waals surface area contributed by atoms with Crippen molar-refractivity contribution in [1.82, 2.24) is 4.98 Å². The molecule has 1 heterocycles. The van der Waals surface area contributed by atoms with Crippen molar-refractivity contribution in [3.8, 4) is 0 Å². The topological polar surface area (TPSA) is 22.1 Å². The van der Waals surface area contributed by atoms with Crippen LogP contribution in [-0.2, 0) is 4.74 Å². The normalized spacial score (nSPS) is 9.08. The lowest BCUT2D eigenvalue weighted by molar-refractivity contribution is 0.371. The van der Waals surface area contributed by atoms with Crippen molar-refractivity contribution in [2.45, 2.75) is 0 Å². The van der Waals surface area contributed by atoms with Crippen molar-refractivity contribution in [2.24, 2.45) is 0 Å². The summed E-state index contributed by atoms with van der Waals surface area (Å²) in [4.78, 5) is 4.11. The summed E-state index contributed by atoms with van der Waals surface area (Å²) in [5, 5.41) is 0. The molecule has 0 spiro atoms. The molecule has 0 aliphatic rings. The van der Waals surface area contributed by atoms with Gasteiger partial charge in [-0.25, -0.2) is 0 Å². The molecule has 0 N–H and O–H groups in total. The summed E-state index contributed by atoms with van der Waals surface area (Å²) in [5.74, 6) is 0.609. The summed E-state index contributed by atoms with van der Waals surface area (Å²) in [7, 11) is 1.59. The van der Waals surface area contributed by atoms with E-state index in [4.69, 9.17) is 4.74 Å². The molecule has 0 unspecified atom stereocenters. The summed E-state index contributed by atoms with van der Waals surface area (Å²) in [6, 6.07) is 3.74. The number of pyridine rings is 1. The second-order valence-electron chi connectivity index (χ2n) is 2.27. The van der Waals surface area contributed by atoms with Gasteiger partial charge in [-0.3, -0.25) is 4.98 Å². The predicted molar refractivity (Wildman–Crippen MR) is 50.4 cm³/mol. The molecule has 0 saturated carbocycles. The lowest BCUT2D eigenvalue weighted by atomic mass is 10.1. The van der Waals surface area contributed by atoms with Crippen LogP contribution in [0.2, 0.25) is 0 Å². The van der Waals surface area contributed by atoms with E-state index in [-0.39, 0.29) is 0 Å². The van der Waals surface area contributed by atoms with E-state index in [0.717, 1.165) is 11.3 Å². The summed E-state index contributed by atoms with van der Waals surface area (Å²) >= 11 is 0. The van der Waals surface area contributed by atoms with Crippen molar-refractivity contribution < 1.29 is 4.74 Å². The van der Waals surface area contributed by atoms with Crippen molar-refractivity contribution in [3.05, 3.63) is 42.7 Å². The Balaban J connectivity index is 3.13. The molecule has 12 heavy (non-hydrogen) atoms. The molecular weight excluding hydrogens is 150 g/mol. The largest absolute Gasteiger partial charge is 0.497 e. The van der Waals surface area contributed by atoms with Gasteiger partial charge in [-0.05, 0) is 18.2 Å². The van der Waals surface area contributed by atoms with E-state index in [1.807, 2.05) is 12.1 Å². The van der Waals surface area contributed by atoms with E-state index in [9.17, 15) is 0 Å². The minimum atomic E-state index is 0.609. The molecular formula is C10H11NO. The molecule has 62 valence electrons. The van der Waals surface area contributed by atoms with Crippen LogP contribution < -0.4 is 0 Å². The fourth-order valence-corrected chi connectivity index (χ4v) is 0.926. The smallest absolute Gasteiger partial charge is 0.121 e. The Morgan fingerprint density at radius 3 is 3.00 bits per heavy atom. The van der Waals surface area contributed by atoms with Crippen LogP contribution in [-0.4, -0.2) is 12.1 Å². The molecule has 0 aromatic carbocycles. The minimum absolute atomic E-state index is 0.609. The number of hydrogen-bond acceptors (Lipinski definition) is 2. The minimum Gasteiger partial charge on any atom is -0.497 e. The molecule has 0 radical (unpaired) electrons. The maximum Gasteiger partial charge on any atom is 0.121 e. The summed E-state index contributed by atoms with van der Waals surface area (Å²) in [6.45, 7) is 7.39. The molecule has 0 fully saturated rings. The average Bonchev–Trinajstić information content (AvgIpc) is 2.16. The summed E-state index contributed by atoms with van der Waals surface area (Å²) < 4.78 is 5.00. The average molecular weight is 161 g/mol. The Labute approximate surface area is 72.2 Å². The second kappa shape index (κ2) is 3.72. The van der Waals surface area contributed by atoms with Gasteiger partial charge in [-0.15, -0.1) is 0 Å². The maximum absolute atomic E-state index is 5.00. The first kappa shape index (κ1) is 8.53. The van der Waals surface area contributed by atoms with Gasteiger partial charge in [-0.2, -0.15) is 0 Å². The molecule has 0 bridgehead atoms. The fourth-order valence-electron chi connectivity index (χ4n) is 0.926. The van der Waals surface area contributed by atoms with Gasteiger partial charge in [0.2, 0.25) is 0 Å². The van der Waals surface area contributed by atoms with Gasteiger partial charge in [0.15, 0.2) is 0 Å². The Morgan fingerprint density at radius 2 is 2.42 bits per heavy atom. The van der Waals surface area contributed by atoms with Crippen LogP contribution in [0.4, 0.5) is 0 Å². The van der Waals surface area contributed by atoms with E-state index in [1.165, 1.54) is 0 Å². The molecule has 0 saturated heterocycles. The molecule has 0 aliphatic carbocycles. The maximum atomic E-state index is 5.00. The molecule has 1 aromatic heterocycles. The molecule has 0 aliphatic heterocycles. The SMILES string of the molecule is C=Cc1ncccc1C(=C)OC. The molecule has 2 heteroatoms. The zero-order valence-electron chi connectivity index (χ0n) is 7.08. The van der Waals surface area contributed by atoms with Gasteiger partial charge in [0.1, 0.15) is 5.76 Å². The predicted octanol–water partition coefficient (Wildman–Crippen LogP) is 2.34. The highest BCUT2D eigenvalue weighted by atomic mass is 16.5. The third kappa shape index (κ3) is 1.53. The van der Waals surface area contributed by atoms with Crippen LogP contribution in [0, 0.1) is 0 Å². The van der Waals surface area contributed by atoms with Crippen LogP contribution in [0.15, 0.2) is 31.5 Å². The second-order valence-corrected chi connectivity index (χ2v) is 2.27. The number of hydrogen-bond donors (Lipinski definition) is 0. The van der Waals surface area contributed by atoms with Crippen LogP contribution in [0.25, 0.3) is 11.8 Å². The van der Waals surface area contributed by atoms with Crippen LogP contribution >= 0.6 is 0 Å². The highest BCUT2D eigenvalue weighted by molar-refractivity contribution is 5.66. The van der Waals surface area contributed by atoms with Gasteiger partial charge in [0.05, 0.1) is 12.8 Å². The lowest BCUT2D eigenvalue weighted by Gasteiger charge is -2.05. The third-order valence-corrected chi connectivity index (χ3v) is 1.58. The van der Waals surface area contributed by atoms with Crippen LogP contribution in [0.1, 0.15) is 11.3 Å². The number of rotatable bonds is 3. The lowest BCUT2D eigenvalue weighted by Crippen LogP contribution is -1.91. The van der Waals surface area contributed by atoms with E-state index < -0.39 is 0 Å². The standard InChI is InChI=1S/C10H11NO/c1-4-10-9(8(2)12-3)6-5-7-11-10/h4-7H,1-2H2,3H3. The van der Waals surface area contributed by atoms with Gasteiger partial charge in [0, 0.05) is 11.8 Å². The first-order chi connectivity index (χ1) is 5.79. The van der Waals surface area contributed by atoms with Gasteiger partial charge < -0.3 is 4.74 Å². The van der Waals surface area contributed by atoms with Crippen molar-refractivity contribution in [1.29, 1.82) is 0 Å². The van der Waals surface area contributed by atoms with Gasteiger partial charge in [0.25, 0.3) is 0 Å². The van der Waals surface area contributed by atoms with Crippen LogP contribution in [0.3, 0.4) is 0 Å². The van der Waals surface area contributed by atoms with E-state index >= 15 is 0 Å². The molecule has 0 atom stereocenters. The van der Waals surface area contributed by atoms with Crippen molar-refractivity contribution in [3.63, 3.8) is 0 Å². The van der Waals surface area contributed by atoms with E-state index in [1.54, 1.807) is 19.4 Å². The van der Waals surface area contributed by atoms with Crippen LogP contribution in [0.5, 0.6) is 0 Å². The number of nitrogens with zero attached hydrogens (tertiary/aromatic N) is 1. The molecule has 2 nitrogen and oxygen atoms in total. The molecule has 1 rings (SSSR count). The van der Waals surface area contributed by atoms with Gasteiger partial charge in [-0.1, -0.05) is 13.2 Å². The number of ether oxygens (including phenoxy) is 1. The first-order valence-corrected chi connectivity index (χ1v) is 3.60. The first-order valence-electron chi connectivity index (χ1n) is 3.60. The number of methoxy groups -OCH3 is 1. The Morgan fingerprint density at radius 1 is 1.67 bits per heavy atom. The molecule has 1 aromatic rings. The Hall–Kier alpha value is -1.57.